The molecular formula is C9H6Cl2O3. The fourth-order valence-corrected chi connectivity index (χ4v) is 1.65. The number of rotatable bonds is 3. The fourth-order valence-electron chi connectivity index (χ4n) is 1.01. The standard InChI is InChI=1S/C9H6Cl2O3/c10-7-1-5(4-12)2-8(11)6(7)3-9(13)14/h1-2,4H,3H2,(H,13,14). The van der Waals surface area contributed by atoms with Crippen LogP contribution >= 0.6 is 23.2 Å². The number of hydrogen-bond donors (Lipinski definition) is 1. The smallest absolute Gasteiger partial charge is 0.307 e. The van der Waals surface area contributed by atoms with E-state index in [0.717, 1.165) is 0 Å². The Morgan fingerprint density at radius 3 is 2.21 bits per heavy atom. The molecule has 0 aliphatic rings. The van der Waals surface area contributed by atoms with E-state index in [1.54, 1.807) is 0 Å². The molecule has 1 N–H and O–H groups in total. The molecule has 0 saturated heterocycles. The van der Waals surface area contributed by atoms with Gasteiger partial charge in [-0.05, 0) is 12.1 Å². The van der Waals surface area contributed by atoms with Crippen LogP contribution in [0.15, 0.2) is 12.1 Å². The molecule has 0 unspecified atom stereocenters. The van der Waals surface area contributed by atoms with Gasteiger partial charge in [-0.1, -0.05) is 23.2 Å². The number of benzene rings is 1. The van der Waals surface area contributed by atoms with Gasteiger partial charge in [0.15, 0.2) is 0 Å². The highest BCUT2D eigenvalue weighted by molar-refractivity contribution is 6.36. The summed E-state index contributed by atoms with van der Waals surface area (Å²) < 4.78 is 0. The van der Waals surface area contributed by atoms with Gasteiger partial charge < -0.3 is 5.11 Å². The van der Waals surface area contributed by atoms with E-state index in [1.165, 1.54) is 12.1 Å². The second kappa shape index (κ2) is 4.44. The summed E-state index contributed by atoms with van der Waals surface area (Å²) in [5.41, 5.74) is 0.653. The summed E-state index contributed by atoms with van der Waals surface area (Å²) in [6.07, 6.45) is 0.346. The van der Waals surface area contributed by atoms with Crippen LogP contribution in [0.25, 0.3) is 0 Å². The van der Waals surface area contributed by atoms with Crippen molar-refractivity contribution in [1.29, 1.82) is 0 Å². The third kappa shape index (κ3) is 2.47. The Bertz CT molecular complexity index is 365. The summed E-state index contributed by atoms with van der Waals surface area (Å²) >= 11 is 11.5. The molecule has 0 heterocycles. The molecular weight excluding hydrogens is 227 g/mol. The van der Waals surface area contributed by atoms with E-state index in [1.807, 2.05) is 0 Å². The third-order valence-electron chi connectivity index (χ3n) is 1.63. The number of carbonyl (C=O) groups excluding carboxylic acids is 1. The Balaban J connectivity index is 3.17. The molecule has 0 spiro atoms. The summed E-state index contributed by atoms with van der Waals surface area (Å²) in [5, 5.41) is 8.95. The first-order valence-corrected chi connectivity index (χ1v) is 4.45. The number of halogens is 2. The minimum absolute atomic E-state index is 0.196. The van der Waals surface area contributed by atoms with E-state index >= 15 is 0 Å². The van der Waals surface area contributed by atoms with Crippen LogP contribution < -0.4 is 0 Å². The van der Waals surface area contributed by atoms with Gasteiger partial charge in [-0.25, -0.2) is 0 Å². The van der Waals surface area contributed by atoms with Crippen molar-refractivity contribution in [1.82, 2.24) is 0 Å². The van der Waals surface area contributed by atoms with Crippen LogP contribution in [0.5, 0.6) is 0 Å². The molecule has 14 heavy (non-hydrogen) atoms. The molecule has 0 atom stereocenters. The van der Waals surface area contributed by atoms with Crippen molar-refractivity contribution in [3.63, 3.8) is 0 Å². The summed E-state index contributed by atoms with van der Waals surface area (Å²) in [7, 11) is 0. The number of hydrogen-bond acceptors (Lipinski definition) is 2. The van der Waals surface area contributed by atoms with E-state index in [0.29, 0.717) is 17.4 Å². The molecule has 0 aromatic heterocycles. The molecule has 0 aliphatic heterocycles. The maximum absolute atomic E-state index is 10.4. The van der Waals surface area contributed by atoms with Crippen molar-refractivity contribution < 1.29 is 14.7 Å². The highest BCUT2D eigenvalue weighted by Crippen LogP contribution is 2.26. The monoisotopic (exact) mass is 232 g/mol. The Kier molecular flexibility index (Phi) is 3.49. The van der Waals surface area contributed by atoms with Crippen molar-refractivity contribution in [2.24, 2.45) is 0 Å². The van der Waals surface area contributed by atoms with Crippen LogP contribution in [0, 0.1) is 0 Å². The second-order valence-corrected chi connectivity index (χ2v) is 3.47. The Morgan fingerprint density at radius 2 is 1.86 bits per heavy atom. The molecule has 1 rings (SSSR count). The van der Waals surface area contributed by atoms with Gasteiger partial charge in [-0.15, -0.1) is 0 Å². The van der Waals surface area contributed by atoms with E-state index in [9.17, 15) is 9.59 Å². The van der Waals surface area contributed by atoms with Gasteiger partial charge in [0.2, 0.25) is 0 Å². The van der Waals surface area contributed by atoms with E-state index in [4.69, 9.17) is 28.3 Å². The molecule has 5 heteroatoms. The predicted octanol–water partition coefficient (Wildman–Crippen LogP) is 2.43. The van der Waals surface area contributed by atoms with E-state index < -0.39 is 5.97 Å². The summed E-state index contributed by atoms with van der Waals surface area (Å²) in [6, 6.07) is 2.78. The minimum Gasteiger partial charge on any atom is -0.481 e. The zero-order valence-electron chi connectivity index (χ0n) is 6.96. The first kappa shape index (κ1) is 11.0. The van der Waals surface area contributed by atoms with Gasteiger partial charge in [-0.2, -0.15) is 0 Å². The zero-order chi connectivity index (χ0) is 10.7. The van der Waals surface area contributed by atoms with Crippen LogP contribution in [0.4, 0.5) is 0 Å². The molecule has 74 valence electrons. The average molecular weight is 233 g/mol. The lowest BCUT2D eigenvalue weighted by atomic mass is 10.1. The average Bonchev–Trinajstić information content (AvgIpc) is 2.10. The maximum atomic E-state index is 10.4. The first-order valence-electron chi connectivity index (χ1n) is 3.69. The number of carboxylic acid groups (broad SMARTS) is 1. The number of aliphatic carboxylic acids is 1. The van der Waals surface area contributed by atoms with Gasteiger partial charge in [0.25, 0.3) is 0 Å². The zero-order valence-corrected chi connectivity index (χ0v) is 8.47. The summed E-state index contributed by atoms with van der Waals surface area (Å²) in [4.78, 5) is 20.9. The largest absolute Gasteiger partial charge is 0.481 e. The molecule has 0 aliphatic carbocycles. The van der Waals surface area contributed by atoms with Crippen molar-refractivity contribution in [2.75, 3.05) is 0 Å². The molecule has 1 aromatic carbocycles. The van der Waals surface area contributed by atoms with Crippen LogP contribution in [-0.4, -0.2) is 17.4 Å². The van der Waals surface area contributed by atoms with Crippen molar-refractivity contribution >= 4 is 35.5 Å². The van der Waals surface area contributed by atoms with E-state index in [-0.39, 0.29) is 16.5 Å². The lowest BCUT2D eigenvalue weighted by Crippen LogP contribution is -2.02. The van der Waals surface area contributed by atoms with Crippen LogP contribution in [-0.2, 0) is 11.2 Å². The third-order valence-corrected chi connectivity index (χ3v) is 2.30. The van der Waals surface area contributed by atoms with Crippen molar-refractivity contribution in [2.45, 2.75) is 6.42 Å². The normalized spacial score (nSPS) is 9.86. The van der Waals surface area contributed by atoms with Gasteiger partial charge in [-0.3, -0.25) is 9.59 Å². The highest BCUT2D eigenvalue weighted by Gasteiger charge is 2.11. The number of carboxylic acids is 1. The lowest BCUT2D eigenvalue weighted by Gasteiger charge is -2.04. The van der Waals surface area contributed by atoms with Gasteiger partial charge in [0.1, 0.15) is 6.29 Å². The minimum atomic E-state index is -1.02. The topological polar surface area (TPSA) is 54.4 Å². The van der Waals surface area contributed by atoms with Crippen molar-refractivity contribution in [3.8, 4) is 0 Å². The fraction of sp³-hybridized carbons (Fsp3) is 0.111. The molecule has 0 amide bonds. The first-order chi connectivity index (χ1) is 6.54. The number of carbonyl (C=O) groups is 2. The van der Waals surface area contributed by atoms with Crippen LogP contribution in [0.2, 0.25) is 10.0 Å². The van der Waals surface area contributed by atoms with Crippen LogP contribution in [0.3, 0.4) is 0 Å². The van der Waals surface area contributed by atoms with Crippen molar-refractivity contribution in [3.05, 3.63) is 33.3 Å². The van der Waals surface area contributed by atoms with Gasteiger partial charge in [0, 0.05) is 21.2 Å². The summed E-state index contributed by atoms with van der Waals surface area (Å²) in [6.45, 7) is 0. The molecule has 3 nitrogen and oxygen atoms in total. The lowest BCUT2D eigenvalue weighted by molar-refractivity contribution is -0.136. The molecule has 1 aromatic rings. The Labute approximate surface area is 90.3 Å². The number of aldehydes is 1. The second-order valence-electron chi connectivity index (χ2n) is 2.65. The SMILES string of the molecule is O=Cc1cc(Cl)c(CC(=O)O)c(Cl)c1. The maximum Gasteiger partial charge on any atom is 0.307 e. The highest BCUT2D eigenvalue weighted by atomic mass is 35.5. The Morgan fingerprint density at radius 1 is 1.36 bits per heavy atom. The molecule has 0 fully saturated rings. The summed E-state index contributed by atoms with van der Waals surface area (Å²) in [5.74, 6) is -1.02. The quantitative estimate of drug-likeness (QED) is 0.815. The predicted molar refractivity (Wildman–Crippen MR) is 53.2 cm³/mol. The molecule has 0 bridgehead atoms. The van der Waals surface area contributed by atoms with Gasteiger partial charge in [0.05, 0.1) is 6.42 Å². The van der Waals surface area contributed by atoms with E-state index in [2.05, 4.69) is 0 Å². The molecule has 0 saturated carbocycles. The van der Waals surface area contributed by atoms with Crippen LogP contribution in [0.1, 0.15) is 15.9 Å². The van der Waals surface area contributed by atoms with Gasteiger partial charge >= 0.3 is 5.97 Å². The molecule has 0 radical (unpaired) electrons. The Hall–Kier alpha value is -1.06.